The summed E-state index contributed by atoms with van der Waals surface area (Å²) < 4.78 is 10.6. The van der Waals surface area contributed by atoms with Gasteiger partial charge in [0, 0.05) is 13.0 Å². The molecule has 2 aromatic rings. The highest BCUT2D eigenvalue weighted by molar-refractivity contribution is 5.87. The van der Waals surface area contributed by atoms with Gasteiger partial charge in [-0.05, 0) is 35.6 Å². The molecule has 0 bridgehead atoms. The summed E-state index contributed by atoms with van der Waals surface area (Å²) in [5.41, 5.74) is 4.57. The van der Waals surface area contributed by atoms with Gasteiger partial charge in [0.1, 0.15) is 6.61 Å². The molecular weight excluding hydrogens is 436 g/mol. The van der Waals surface area contributed by atoms with Crippen molar-refractivity contribution in [3.8, 4) is 11.1 Å². The van der Waals surface area contributed by atoms with Crippen LogP contribution in [-0.2, 0) is 19.1 Å². The van der Waals surface area contributed by atoms with Crippen LogP contribution >= 0.6 is 0 Å². The third kappa shape index (κ3) is 4.82. The van der Waals surface area contributed by atoms with Crippen molar-refractivity contribution in [2.24, 2.45) is 5.92 Å². The van der Waals surface area contributed by atoms with E-state index in [9.17, 15) is 19.5 Å². The molecule has 4 atom stereocenters. The van der Waals surface area contributed by atoms with E-state index in [-0.39, 0.29) is 18.6 Å². The van der Waals surface area contributed by atoms with Crippen molar-refractivity contribution in [2.75, 3.05) is 13.7 Å². The first-order chi connectivity index (χ1) is 16.4. The third-order valence-corrected chi connectivity index (χ3v) is 6.47. The second-order valence-electron chi connectivity index (χ2n) is 8.57. The molecule has 2 amide bonds. The topological polar surface area (TPSA) is 114 Å². The zero-order valence-electron chi connectivity index (χ0n) is 19.1. The number of carbonyl (C=O) groups excluding carboxylic acids is 2. The van der Waals surface area contributed by atoms with Crippen LogP contribution in [0, 0.1) is 5.92 Å². The van der Waals surface area contributed by atoms with Gasteiger partial charge in [0.15, 0.2) is 6.04 Å². The van der Waals surface area contributed by atoms with Gasteiger partial charge in [-0.3, -0.25) is 4.79 Å². The molecule has 8 nitrogen and oxygen atoms in total. The first-order valence-corrected chi connectivity index (χ1v) is 11.2. The van der Waals surface area contributed by atoms with Crippen LogP contribution < -0.4 is 10.6 Å². The van der Waals surface area contributed by atoms with Gasteiger partial charge in [-0.25, -0.2) is 9.59 Å². The van der Waals surface area contributed by atoms with E-state index >= 15 is 0 Å². The molecule has 0 aromatic heterocycles. The molecule has 34 heavy (non-hydrogen) atoms. The summed E-state index contributed by atoms with van der Waals surface area (Å²) in [6.45, 7) is 1.78. The third-order valence-electron chi connectivity index (χ3n) is 6.47. The van der Waals surface area contributed by atoms with E-state index in [2.05, 4.69) is 34.9 Å². The first kappa shape index (κ1) is 23.5. The molecule has 178 valence electrons. The maximum absolute atomic E-state index is 12.5. The number of carboxylic acids is 1. The summed E-state index contributed by atoms with van der Waals surface area (Å²) in [7, 11) is 1.39. The molecule has 0 fully saturated rings. The van der Waals surface area contributed by atoms with Crippen LogP contribution in [0.15, 0.2) is 60.7 Å². The molecule has 2 aromatic carbocycles. The van der Waals surface area contributed by atoms with Crippen LogP contribution in [0.4, 0.5) is 4.79 Å². The molecule has 8 heteroatoms. The van der Waals surface area contributed by atoms with Crippen LogP contribution in [0.2, 0.25) is 0 Å². The van der Waals surface area contributed by atoms with Gasteiger partial charge < -0.3 is 25.2 Å². The van der Waals surface area contributed by atoms with E-state index in [1.54, 1.807) is 19.1 Å². The quantitative estimate of drug-likeness (QED) is 0.518. The number of benzene rings is 2. The molecule has 4 rings (SSSR count). The number of alkyl carbamates (subject to hydrolysis) is 1. The van der Waals surface area contributed by atoms with Crippen LogP contribution in [0.25, 0.3) is 11.1 Å². The number of amides is 2. The Bertz CT molecular complexity index is 1070. The summed E-state index contributed by atoms with van der Waals surface area (Å²) in [6.07, 6.45) is 2.47. The van der Waals surface area contributed by atoms with Crippen LogP contribution in [0.5, 0.6) is 0 Å². The van der Waals surface area contributed by atoms with Gasteiger partial charge in [0.25, 0.3) is 0 Å². The van der Waals surface area contributed by atoms with Crippen molar-refractivity contribution in [2.45, 2.75) is 37.5 Å². The molecule has 3 N–H and O–H groups in total. The van der Waals surface area contributed by atoms with Crippen molar-refractivity contribution < 1.29 is 29.0 Å². The molecule has 0 heterocycles. The number of aliphatic carboxylic acids is 1. The lowest BCUT2D eigenvalue weighted by Crippen LogP contribution is -2.50. The number of hydrogen-bond donors (Lipinski definition) is 3. The van der Waals surface area contributed by atoms with Crippen LogP contribution in [-0.4, -0.2) is 55.0 Å². The summed E-state index contributed by atoms with van der Waals surface area (Å²) in [5, 5.41) is 14.6. The fraction of sp³-hybridized carbons (Fsp3) is 0.346. The molecule has 0 saturated heterocycles. The Balaban J connectivity index is 1.30. The monoisotopic (exact) mass is 464 g/mol. The lowest BCUT2D eigenvalue weighted by atomic mass is 9.98. The molecule has 2 aliphatic carbocycles. The Kier molecular flexibility index (Phi) is 6.98. The number of carboxylic acid groups (broad SMARTS) is 1. The smallest absolute Gasteiger partial charge is 0.407 e. The lowest BCUT2D eigenvalue weighted by Gasteiger charge is -2.22. The fourth-order valence-corrected chi connectivity index (χ4v) is 4.57. The Labute approximate surface area is 198 Å². The predicted molar refractivity (Wildman–Crippen MR) is 125 cm³/mol. The van der Waals surface area contributed by atoms with E-state index in [1.165, 1.54) is 7.11 Å². The summed E-state index contributed by atoms with van der Waals surface area (Å²) in [5.74, 6) is -2.18. The predicted octanol–water partition coefficient (Wildman–Crippen LogP) is 3.07. The Morgan fingerprint density at radius 1 is 1.03 bits per heavy atom. The zero-order chi connectivity index (χ0) is 24.2. The van der Waals surface area contributed by atoms with Crippen molar-refractivity contribution in [3.05, 3.63) is 71.8 Å². The Morgan fingerprint density at radius 2 is 1.65 bits per heavy atom. The first-order valence-electron chi connectivity index (χ1n) is 11.2. The highest BCUT2D eigenvalue weighted by Crippen LogP contribution is 2.44. The number of nitrogens with one attached hydrogen (secondary N) is 2. The average Bonchev–Trinajstić information content (AvgIpc) is 3.43. The molecular formula is C26H28N2O6. The summed E-state index contributed by atoms with van der Waals surface area (Å²) in [6, 6.07) is 14.7. The van der Waals surface area contributed by atoms with Gasteiger partial charge in [-0.1, -0.05) is 60.7 Å². The van der Waals surface area contributed by atoms with Crippen molar-refractivity contribution >= 4 is 18.0 Å². The molecule has 2 unspecified atom stereocenters. The standard InChI is InChI=1S/C26H28N2O6/c1-15(33-2)23(25(30)31)28-24(29)16-11-12-17(13-16)27-26(32)34-14-22-20-9-5-3-7-18(20)19-8-4-6-10-21(19)22/h3-12,15-17,22-23H,13-14H2,1-2H3,(H,27,32)(H,28,29)(H,30,31)/t15-,16?,17?,23+/m1/s1. The number of carbonyl (C=O) groups is 3. The second kappa shape index (κ2) is 10.1. The minimum atomic E-state index is -1.17. The maximum Gasteiger partial charge on any atom is 0.407 e. The molecule has 2 aliphatic rings. The minimum absolute atomic E-state index is 0.0356. The van der Waals surface area contributed by atoms with Crippen molar-refractivity contribution in [3.63, 3.8) is 0 Å². The Morgan fingerprint density at radius 3 is 2.24 bits per heavy atom. The van der Waals surface area contributed by atoms with Gasteiger partial charge in [-0.15, -0.1) is 0 Å². The number of methoxy groups -OCH3 is 1. The Hall–Kier alpha value is -3.65. The van der Waals surface area contributed by atoms with E-state index in [1.807, 2.05) is 24.3 Å². The highest BCUT2D eigenvalue weighted by atomic mass is 16.5. The molecule has 0 radical (unpaired) electrons. The lowest BCUT2D eigenvalue weighted by molar-refractivity contribution is -0.145. The normalized spacial score (nSPS) is 20.2. The number of hydrogen-bond acceptors (Lipinski definition) is 5. The summed E-state index contributed by atoms with van der Waals surface area (Å²) in [4.78, 5) is 36.4. The van der Waals surface area contributed by atoms with Gasteiger partial charge in [-0.2, -0.15) is 0 Å². The van der Waals surface area contributed by atoms with E-state index in [0.717, 1.165) is 22.3 Å². The fourth-order valence-electron chi connectivity index (χ4n) is 4.57. The SMILES string of the molecule is CO[C@H](C)[C@H](NC(=O)C1C=CC(NC(=O)OCC2c3ccccc3-c3ccccc32)C1)C(=O)O. The second-order valence-corrected chi connectivity index (χ2v) is 8.57. The van der Waals surface area contributed by atoms with Gasteiger partial charge in [0.05, 0.1) is 18.1 Å². The largest absolute Gasteiger partial charge is 0.480 e. The van der Waals surface area contributed by atoms with E-state index in [0.29, 0.717) is 6.42 Å². The zero-order valence-corrected chi connectivity index (χ0v) is 19.1. The molecule has 0 spiro atoms. The summed E-state index contributed by atoms with van der Waals surface area (Å²) >= 11 is 0. The van der Waals surface area contributed by atoms with Gasteiger partial charge >= 0.3 is 12.1 Å². The number of ether oxygens (including phenoxy) is 2. The molecule has 0 saturated carbocycles. The van der Waals surface area contributed by atoms with E-state index < -0.39 is 36.0 Å². The van der Waals surface area contributed by atoms with E-state index in [4.69, 9.17) is 9.47 Å². The van der Waals surface area contributed by atoms with Gasteiger partial charge in [0.2, 0.25) is 5.91 Å². The number of fused-ring (bicyclic) bond motifs is 3. The van der Waals surface area contributed by atoms with Crippen molar-refractivity contribution in [1.82, 2.24) is 10.6 Å². The van der Waals surface area contributed by atoms with Crippen molar-refractivity contribution in [1.29, 1.82) is 0 Å². The molecule has 0 aliphatic heterocycles. The highest BCUT2D eigenvalue weighted by Gasteiger charge is 2.33. The maximum atomic E-state index is 12.5. The van der Waals surface area contributed by atoms with Crippen LogP contribution in [0.1, 0.15) is 30.4 Å². The minimum Gasteiger partial charge on any atom is -0.480 e. The average molecular weight is 465 g/mol. The van der Waals surface area contributed by atoms with Crippen LogP contribution in [0.3, 0.4) is 0 Å². The number of rotatable bonds is 8.